The normalized spacial score (nSPS) is 11.2. The van der Waals surface area contributed by atoms with Crippen LogP contribution in [0.15, 0.2) is 52.0 Å². The maximum absolute atomic E-state index is 12.1. The Kier molecular flexibility index (Phi) is 3.89. The molecule has 2 aromatic rings. The third-order valence-electron chi connectivity index (χ3n) is 2.11. The molecule has 2 rings (SSSR count). The molecule has 0 atom stereocenters. The van der Waals surface area contributed by atoms with Crippen molar-refractivity contribution in [1.29, 1.82) is 0 Å². The van der Waals surface area contributed by atoms with E-state index >= 15 is 0 Å². The van der Waals surface area contributed by atoms with Crippen LogP contribution in [0.2, 0.25) is 5.15 Å². The molecule has 0 bridgehead atoms. The minimum atomic E-state index is -3.64. The maximum atomic E-state index is 12.1. The summed E-state index contributed by atoms with van der Waals surface area (Å²) in [6, 6.07) is 9.62. The second kappa shape index (κ2) is 5.26. The standard InChI is InChI=1S/C11H8BrClN2O2S/c12-9-3-1-2-4-10(9)18(16,17)15-8-5-6-11(13)14-7-8/h1-7,15H. The Morgan fingerprint density at radius 1 is 1.17 bits per heavy atom. The number of benzene rings is 1. The van der Waals surface area contributed by atoms with E-state index in [0.29, 0.717) is 15.3 Å². The van der Waals surface area contributed by atoms with Crippen molar-refractivity contribution >= 4 is 43.2 Å². The zero-order chi connectivity index (χ0) is 13.2. The van der Waals surface area contributed by atoms with E-state index < -0.39 is 10.0 Å². The molecule has 4 nitrogen and oxygen atoms in total. The van der Waals surface area contributed by atoms with Gasteiger partial charge in [-0.05, 0) is 40.2 Å². The Labute approximate surface area is 118 Å². The van der Waals surface area contributed by atoms with Gasteiger partial charge in [-0.1, -0.05) is 23.7 Å². The van der Waals surface area contributed by atoms with Gasteiger partial charge in [0, 0.05) is 4.47 Å². The predicted octanol–water partition coefficient (Wildman–Crippen LogP) is 3.30. The molecule has 0 spiro atoms. The number of hydrogen-bond donors (Lipinski definition) is 1. The molecule has 0 saturated heterocycles. The molecule has 1 aromatic carbocycles. The summed E-state index contributed by atoms with van der Waals surface area (Å²) in [5, 5.41) is 0.304. The lowest BCUT2D eigenvalue weighted by molar-refractivity contribution is 0.600. The van der Waals surface area contributed by atoms with Crippen molar-refractivity contribution in [2.24, 2.45) is 0 Å². The molecule has 0 fully saturated rings. The van der Waals surface area contributed by atoms with Crippen LogP contribution < -0.4 is 4.72 Å². The average molecular weight is 348 g/mol. The molecule has 18 heavy (non-hydrogen) atoms. The van der Waals surface area contributed by atoms with Gasteiger partial charge in [0.25, 0.3) is 10.0 Å². The molecule has 0 radical (unpaired) electrons. The largest absolute Gasteiger partial charge is 0.278 e. The van der Waals surface area contributed by atoms with Gasteiger partial charge in [-0.3, -0.25) is 4.72 Å². The van der Waals surface area contributed by atoms with Crippen molar-refractivity contribution in [2.45, 2.75) is 4.90 Å². The Morgan fingerprint density at radius 2 is 1.89 bits per heavy atom. The third-order valence-corrected chi connectivity index (χ3v) is 4.72. The highest BCUT2D eigenvalue weighted by atomic mass is 79.9. The number of anilines is 1. The minimum Gasteiger partial charge on any atom is -0.278 e. The number of aromatic nitrogens is 1. The monoisotopic (exact) mass is 346 g/mol. The fourth-order valence-electron chi connectivity index (χ4n) is 1.31. The molecule has 0 saturated carbocycles. The number of halogens is 2. The fourth-order valence-corrected chi connectivity index (χ4v) is 3.47. The number of hydrogen-bond acceptors (Lipinski definition) is 3. The number of sulfonamides is 1. The Hall–Kier alpha value is -1.11. The summed E-state index contributed by atoms with van der Waals surface area (Å²) in [6.07, 6.45) is 1.36. The Morgan fingerprint density at radius 3 is 2.50 bits per heavy atom. The van der Waals surface area contributed by atoms with Crippen molar-refractivity contribution in [2.75, 3.05) is 4.72 Å². The predicted molar refractivity (Wildman–Crippen MR) is 74.2 cm³/mol. The number of rotatable bonds is 3. The first-order valence-corrected chi connectivity index (χ1v) is 7.53. The summed E-state index contributed by atoms with van der Waals surface area (Å²) in [6.45, 7) is 0. The molecule has 0 amide bonds. The smallest absolute Gasteiger partial charge is 0.263 e. The number of nitrogens with zero attached hydrogens (tertiary/aromatic N) is 1. The van der Waals surface area contributed by atoms with Gasteiger partial charge in [-0.2, -0.15) is 0 Å². The molecular formula is C11H8BrClN2O2S. The summed E-state index contributed by atoms with van der Waals surface area (Å²) >= 11 is 8.83. The van der Waals surface area contributed by atoms with E-state index in [4.69, 9.17) is 11.6 Å². The molecule has 0 aliphatic heterocycles. The van der Waals surface area contributed by atoms with Crippen LogP contribution in [-0.4, -0.2) is 13.4 Å². The van der Waals surface area contributed by atoms with Crippen molar-refractivity contribution in [3.8, 4) is 0 Å². The fraction of sp³-hybridized carbons (Fsp3) is 0. The second-order valence-electron chi connectivity index (χ2n) is 3.41. The van der Waals surface area contributed by atoms with Gasteiger partial charge in [0.2, 0.25) is 0 Å². The van der Waals surface area contributed by atoms with Crippen LogP contribution in [0.4, 0.5) is 5.69 Å². The van der Waals surface area contributed by atoms with Gasteiger partial charge < -0.3 is 0 Å². The van der Waals surface area contributed by atoms with E-state index in [1.54, 1.807) is 24.3 Å². The van der Waals surface area contributed by atoms with Gasteiger partial charge in [0.1, 0.15) is 10.0 Å². The van der Waals surface area contributed by atoms with E-state index in [1.165, 1.54) is 18.3 Å². The third kappa shape index (κ3) is 3.01. The molecule has 7 heteroatoms. The van der Waals surface area contributed by atoms with Crippen molar-refractivity contribution in [1.82, 2.24) is 4.98 Å². The van der Waals surface area contributed by atoms with Crippen LogP contribution in [-0.2, 0) is 10.0 Å². The summed E-state index contributed by atoms with van der Waals surface area (Å²) < 4.78 is 27.1. The minimum absolute atomic E-state index is 0.167. The zero-order valence-corrected chi connectivity index (χ0v) is 12.1. The molecule has 1 aromatic heterocycles. The molecule has 1 N–H and O–H groups in total. The zero-order valence-electron chi connectivity index (χ0n) is 8.97. The molecule has 94 valence electrons. The highest BCUT2D eigenvalue weighted by Crippen LogP contribution is 2.23. The van der Waals surface area contributed by atoms with E-state index in [1.807, 2.05) is 0 Å². The Balaban J connectivity index is 2.33. The molecule has 0 unspecified atom stereocenters. The highest BCUT2D eigenvalue weighted by molar-refractivity contribution is 9.10. The maximum Gasteiger partial charge on any atom is 0.263 e. The van der Waals surface area contributed by atoms with Crippen LogP contribution >= 0.6 is 27.5 Å². The summed E-state index contributed by atoms with van der Waals surface area (Å²) in [7, 11) is -3.64. The molecule has 0 aliphatic rings. The SMILES string of the molecule is O=S(=O)(Nc1ccc(Cl)nc1)c1ccccc1Br. The first kappa shape index (κ1) is 13.3. The molecular weight excluding hydrogens is 340 g/mol. The number of pyridine rings is 1. The van der Waals surface area contributed by atoms with E-state index in [2.05, 4.69) is 25.6 Å². The topological polar surface area (TPSA) is 59.1 Å². The van der Waals surface area contributed by atoms with Crippen LogP contribution in [0, 0.1) is 0 Å². The number of nitrogens with one attached hydrogen (secondary N) is 1. The lowest BCUT2D eigenvalue weighted by Crippen LogP contribution is -2.13. The van der Waals surface area contributed by atoms with Crippen LogP contribution in [0.3, 0.4) is 0 Å². The van der Waals surface area contributed by atoms with Crippen molar-refractivity contribution in [3.63, 3.8) is 0 Å². The first-order valence-electron chi connectivity index (χ1n) is 4.88. The van der Waals surface area contributed by atoms with Gasteiger partial charge in [-0.15, -0.1) is 0 Å². The summed E-state index contributed by atoms with van der Waals surface area (Å²) in [4.78, 5) is 3.97. The second-order valence-corrected chi connectivity index (χ2v) is 6.30. The lowest BCUT2D eigenvalue weighted by atomic mass is 10.4. The summed E-state index contributed by atoms with van der Waals surface area (Å²) in [5.74, 6) is 0. The van der Waals surface area contributed by atoms with Crippen LogP contribution in [0.25, 0.3) is 0 Å². The van der Waals surface area contributed by atoms with Crippen LogP contribution in [0.5, 0.6) is 0 Å². The molecule has 1 heterocycles. The molecule has 0 aliphatic carbocycles. The van der Waals surface area contributed by atoms with Crippen molar-refractivity contribution in [3.05, 3.63) is 52.2 Å². The quantitative estimate of drug-likeness (QED) is 0.867. The summed E-state index contributed by atoms with van der Waals surface area (Å²) in [5.41, 5.74) is 0.357. The van der Waals surface area contributed by atoms with Gasteiger partial charge in [-0.25, -0.2) is 13.4 Å². The van der Waals surface area contributed by atoms with Gasteiger partial charge in [0.05, 0.1) is 11.9 Å². The van der Waals surface area contributed by atoms with Crippen molar-refractivity contribution < 1.29 is 8.42 Å². The van der Waals surface area contributed by atoms with E-state index in [0.717, 1.165) is 0 Å². The van der Waals surface area contributed by atoms with E-state index in [-0.39, 0.29) is 4.90 Å². The van der Waals surface area contributed by atoms with Gasteiger partial charge in [0.15, 0.2) is 0 Å². The highest BCUT2D eigenvalue weighted by Gasteiger charge is 2.17. The van der Waals surface area contributed by atoms with Crippen LogP contribution in [0.1, 0.15) is 0 Å². The van der Waals surface area contributed by atoms with E-state index in [9.17, 15) is 8.42 Å². The average Bonchev–Trinajstić information content (AvgIpc) is 2.32. The Bertz CT molecular complexity index is 659. The first-order chi connectivity index (χ1) is 8.49. The lowest BCUT2D eigenvalue weighted by Gasteiger charge is -2.08. The van der Waals surface area contributed by atoms with Gasteiger partial charge >= 0.3 is 0 Å².